The molecule has 1 saturated heterocycles. The van der Waals surface area contributed by atoms with Crippen LogP contribution in [0.1, 0.15) is 5.56 Å². The first-order chi connectivity index (χ1) is 11.5. The van der Waals surface area contributed by atoms with Crippen molar-refractivity contribution in [1.29, 1.82) is 0 Å². The molecule has 2 heterocycles. The summed E-state index contributed by atoms with van der Waals surface area (Å²) < 4.78 is 44.8. The number of methoxy groups -OCH3 is 1. The zero-order chi connectivity index (χ0) is 17.2. The molecule has 128 valence electrons. The number of nitrogens with zero attached hydrogens (tertiary/aromatic N) is 3. The summed E-state index contributed by atoms with van der Waals surface area (Å²) in [5.41, 5.74) is 0.271. The van der Waals surface area contributed by atoms with Crippen LogP contribution < -0.4 is 14.5 Å². The third kappa shape index (κ3) is 3.25. The molecule has 3 rings (SSSR count). The number of hydrogen-bond acceptors (Lipinski definition) is 4. The van der Waals surface area contributed by atoms with Gasteiger partial charge in [-0.2, -0.15) is 13.2 Å². The van der Waals surface area contributed by atoms with Crippen LogP contribution in [0.25, 0.3) is 0 Å². The van der Waals surface area contributed by atoms with E-state index in [0.29, 0.717) is 26.2 Å². The van der Waals surface area contributed by atoms with Gasteiger partial charge in [-0.15, -0.1) is 0 Å². The number of rotatable bonds is 3. The number of hydrogen-bond donors (Lipinski definition) is 0. The molecule has 0 aliphatic carbocycles. The first kappa shape index (κ1) is 16.4. The van der Waals surface area contributed by atoms with Crippen molar-refractivity contribution in [2.24, 2.45) is 0 Å². The molecule has 0 N–H and O–H groups in total. The quantitative estimate of drug-likeness (QED) is 0.858. The lowest BCUT2D eigenvalue weighted by Crippen LogP contribution is -2.47. The second-order valence-corrected chi connectivity index (χ2v) is 5.52. The van der Waals surface area contributed by atoms with Crippen LogP contribution in [-0.4, -0.2) is 38.3 Å². The van der Waals surface area contributed by atoms with Crippen LogP contribution in [0.15, 0.2) is 42.6 Å². The van der Waals surface area contributed by atoms with Crippen molar-refractivity contribution in [3.8, 4) is 5.75 Å². The Labute approximate surface area is 138 Å². The SMILES string of the molecule is COc1ccccc1N1CCN(c2ncccc2C(F)(F)F)CC1. The van der Waals surface area contributed by atoms with Crippen LogP contribution in [0.5, 0.6) is 5.75 Å². The molecule has 7 heteroatoms. The van der Waals surface area contributed by atoms with Crippen molar-refractivity contribution < 1.29 is 17.9 Å². The number of para-hydroxylation sites is 2. The topological polar surface area (TPSA) is 28.6 Å². The zero-order valence-corrected chi connectivity index (χ0v) is 13.3. The molecule has 1 aliphatic heterocycles. The first-order valence-electron chi connectivity index (χ1n) is 7.66. The summed E-state index contributed by atoms with van der Waals surface area (Å²) in [7, 11) is 1.61. The van der Waals surface area contributed by atoms with Crippen LogP contribution in [0.4, 0.5) is 24.7 Å². The Morgan fingerprint density at radius 1 is 0.958 bits per heavy atom. The maximum atomic E-state index is 13.2. The summed E-state index contributed by atoms with van der Waals surface area (Å²) in [6, 6.07) is 10.0. The fraction of sp³-hybridized carbons (Fsp3) is 0.353. The number of pyridine rings is 1. The average Bonchev–Trinajstić information content (AvgIpc) is 2.61. The normalized spacial score (nSPS) is 15.5. The van der Waals surface area contributed by atoms with Crippen molar-refractivity contribution in [2.45, 2.75) is 6.18 Å². The minimum Gasteiger partial charge on any atom is -0.495 e. The number of benzene rings is 1. The molecular formula is C17H18F3N3O. The Morgan fingerprint density at radius 2 is 1.62 bits per heavy atom. The van der Waals surface area contributed by atoms with E-state index in [4.69, 9.17) is 4.74 Å². The Bertz CT molecular complexity index is 697. The molecule has 24 heavy (non-hydrogen) atoms. The predicted octanol–water partition coefficient (Wildman–Crippen LogP) is 3.44. The maximum Gasteiger partial charge on any atom is 0.419 e. The molecule has 0 bridgehead atoms. The van der Waals surface area contributed by atoms with Crippen molar-refractivity contribution in [1.82, 2.24) is 4.98 Å². The Balaban J connectivity index is 1.77. The molecule has 0 radical (unpaired) electrons. The van der Waals surface area contributed by atoms with Crippen LogP contribution in [0, 0.1) is 0 Å². The monoisotopic (exact) mass is 337 g/mol. The highest BCUT2D eigenvalue weighted by Gasteiger charge is 2.36. The average molecular weight is 337 g/mol. The predicted molar refractivity (Wildman–Crippen MR) is 86.7 cm³/mol. The molecular weight excluding hydrogens is 319 g/mol. The van der Waals surface area contributed by atoms with Gasteiger partial charge in [0.1, 0.15) is 11.6 Å². The van der Waals surface area contributed by atoms with Crippen molar-refractivity contribution in [2.75, 3.05) is 43.1 Å². The molecule has 0 spiro atoms. The van der Waals surface area contributed by atoms with Crippen LogP contribution in [-0.2, 0) is 6.18 Å². The number of piperazine rings is 1. The zero-order valence-electron chi connectivity index (χ0n) is 13.3. The summed E-state index contributed by atoms with van der Waals surface area (Å²) in [5.74, 6) is 0.768. The first-order valence-corrected chi connectivity index (χ1v) is 7.66. The van der Waals surface area contributed by atoms with Crippen LogP contribution in [0.2, 0.25) is 0 Å². The van der Waals surface area contributed by atoms with Gasteiger partial charge in [-0.25, -0.2) is 4.98 Å². The summed E-state index contributed by atoms with van der Waals surface area (Å²) in [6.45, 7) is 2.15. The highest BCUT2D eigenvalue weighted by atomic mass is 19.4. The van der Waals surface area contributed by atoms with Gasteiger partial charge in [-0.3, -0.25) is 0 Å². The second-order valence-electron chi connectivity index (χ2n) is 5.52. The smallest absolute Gasteiger partial charge is 0.419 e. The molecule has 1 aromatic carbocycles. The summed E-state index contributed by atoms with van der Waals surface area (Å²) >= 11 is 0. The van der Waals surface area contributed by atoms with E-state index in [9.17, 15) is 13.2 Å². The Kier molecular flexibility index (Phi) is 4.51. The van der Waals surface area contributed by atoms with Crippen LogP contribution >= 0.6 is 0 Å². The van der Waals surface area contributed by atoms with Gasteiger partial charge in [0.05, 0.1) is 18.4 Å². The number of anilines is 2. The molecule has 0 atom stereocenters. The van der Waals surface area contributed by atoms with Crippen molar-refractivity contribution in [3.05, 3.63) is 48.2 Å². The minimum atomic E-state index is -4.40. The van der Waals surface area contributed by atoms with Gasteiger partial charge in [0.15, 0.2) is 0 Å². The van der Waals surface area contributed by atoms with Gasteiger partial charge in [0, 0.05) is 32.4 Å². The number of alkyl halides is 3. The molecule has 1 aromatic heterocycles. The lowest BCUT2D eigenvalue weighted by atomic mass is 10.2. The van der Waals surface area contributed by atoms with Crippen LogP contribution in [0.3, 0.4) is 0 Å². The van der Waals surface area contributed by atoms with E-state index in [1.165, 1.54) is 12.3 Å². The largest absolute Gasteiger partial charge is 0.495 e. The van der Waals surface area contributed by atoms with Gasteiger partial charge < -0.3 is 14.5 Å². The summed E-state index contributed by atoms with van der Waals surface area (Å²) in [6.07, 6.45) is -3.00. The Morgan fingerprint density at radius 3 is 2.29 bits per heavy atom. The van der Waals surface area contributed by atoms with Gasteiger partial charge in [-0.1, -0.05) is 12.1 Å². The number of halogens is 3. The van der Waals surface area contributed by atoms with E-state index >= 15 is 0 Å². The van der Waals surface area contributed by atoms with E-state index < -0.39 is 11.7 Å². The number of aromatic nitrogens is 1. The summed E-state index contributed by atoms with van der Waals surface area (Å²) in [4.78, 5) is 7.77. The lowest BCUT2D eigenvalue weighted by Gasteiger charge is -2.37. The molecule has 0 unspecified atom stereocenters. The van der Waals surface area contributed by atoms with E-state index in [1.807, 2.05) is 24.3 Å². The highest BCUT2D eigenvalue weighted by molar-refractivity contribution is 5.60. The van der Waals surface area contributed by atoms with Gasteiger partial charge in [-0.05, 0) is 24.3 Å². The van der Waals surface area contributed by atoms with Gasteiger partial charge >= 0.3 is 6.18 Å². The third-order valence-corrected chi connectivity index (χ3v) is 4.10. The minimum absolute atomic E-state index is 0.00433. The maximum absolute atomic E-state index is 13.2. The van der Waals surface area contributed by atoms with E-state index in [1.54, 1.807) is 12.0 Å². The third-order valence-electron chi connectivity index (χ3n) is 4.10. The standard InChI is InChI=1S/C17H18F3N3O/c1-24-15-7-3-2-6-14(15)22-9-11-23(12-10-22)16-13(17(18,19)20)5-4-8-21-16/h2-8H,9-12H2,1H3. The fourth-order valence-corrected chi connectivity index (χ4v) is 2.92. The molecule has 0 saturated carbocycles. The van der Waals surface area contributed by atoms with Crippen molar-refractivity contribution in [3.63, 3.8) is 0 Å². The second kappa shape index (κ2) is 6.59. The van der Waals surface area contributed by atoms with E-state index in [0.717, 1.165) is 17.5 Å². The molecule has 4 nitrogen and oxygen atoms in total. The van der Waals surface area contributed by atoms with Gasteiger partial charge in [0.25, 0.3) is 0 Å². The Hall–Kier alpha value is -2.44. The highest BCUT2D eigenvalue weighted by Crippen LogP contribution is 2.36. The molecule has 2 aromatic rings. The molecule has 1 aliphatic rings. The summed E-state index contributed by atoms with van der Waals surface area (Å²) in [5, 5.41) is 0. The number of ether oxygens (including phenoxy) is 1. The van der Waals surface area contributed by atoms with E-state index in [2.05, 4.69) is 9.88 Å². The van der Waals surface area contributed by atoms with E-state index in [-0.39, 0.29) is 5.82 Å². The lowest BCUT2D eigenvalue weighted by molar-refractivity contribution is -0.137. The fourth-order valence-electron chi connectivity index (χ4n) is 2.92. The van der Waals surface area contributed by atoms with Gasteiger partial charge in [0.2, 0.25) is 0 Å². The molecule has 0 amide bonds. The molecule has 1 fully saturated rings. The van der Waals surface area contributed by atoms with Crippen molar-refractivity contribution >= 4 is 11.5 Å².